The molecule has 2 aromatic carbocycles. The van der Waals surface area contributed by atoms with Crippen LogP contribution in [0.5, 0.6) is 0 Å². The van der Waals surface area contributed by atoms with Gasteiger partial charge in [0.1, 0.15) is 5.82 Å². The molecule has 11 heteroatoms. The lowest BCUT2D eigenvalue weighted by Crippen LogP contribution is -2.50. The third-order valence-electron chi connectivity index (χ3n) is 5.89. The average Bonchev–Trinajstić information content (AvgIpc) is 2.87. The van der Waals surface area contributed by atoms with Crippen molar-refractivity contribution in [1.29, 1.82) is 0 Å². The van der Waals surface area contributed by atoms with E-state index in [0.717, 1.165) is 18.8 Å². The number of nitrogens with one attached hydrogen (secondary N) is 1. The number of halogens is 2. The topological polar surface area (TPSA) is 132 Å². The molecule has 1 saturated heterocycles. The number of methoxy groups -OCH3 is 1. The van der Waals surface area contributed by atoms with E-state index in [1.54, 1.807) is 30.6 Å². The van der Waals surface area contributed by atoms with Gasteiger partial charge in [-0.05, 0) is 49.2 Å². The molecule has 5 N–H and O–H groups in total. The van der Waals surface area contributed by atoms with E-state index >= 15 is 0 Å². The number of carbonyl (C=O) groups is 2. The second-order valence-electron chi connectivity index (χ2n) is 7.98. The van der Waals surface area contributed by atoms with E-state index < -0.39 is 17.7 Å². The van der Waals surface area contributed by atoms with Crippen LogP contribution in [0, 0.1) is 5.82 Å². The number of hydrogen-bond acceptors (Lipinski definition) is 7. The van der Waals surface area contributed by atoms with Crippen LogP contribution in [0.15, 0.2) is 67.0 Å². The quantitative estimate of drug-likeness (QED) is 0.289. The predicted molar refractivity (Wildman–Crippen MR) is 139 cm³/mol. The molecule has 1 aliphatic rings. The summed E-state index contributed by atoms with van der Waals surface area (Å²) in [7, 11) is 1.30. The number of nitrogens with zero attached hydrogens (tertiary/aromatic N) is 3. The highest BCUT2D eigenvalue weighted by Crippen LogP contribution is 2.29. The Morgan fingerprint density at radius 3 is 2.42 bits per heavy atom. The number of benzene rings is 2. The van der Waals surface area contributed by atoms with Crippen molar-refractivity contribution in [2.45, 2.75) is 18.9 Å². The van der Waals surface area contributed by atoms with Crippen LogP contribution in [0.3, 0.4) is 0 Å². The van der Waals surface area contributed by atoms with Gasteiger partial charge in [0.25, 0.3) is 0 Å². The number of ether oxygens (including phenoxy) is 1. The van der Waals surface area contributed by atoms with E-state index in [-0.39, 0.29) is 46.4 Å². The van der Waals surface area contributed by atoms with E-state index in [9.17, 15) is 14.0 Å². The van der Waals surface area contributed by atoms with E-state index in [4.69, 9.17) is 10.5 Å². The Morgan fingerprint density at radius 1 is 1.11 bits per heavy atom. The van der Waals surface area contributed by atoms with Crippen molar-refractivity contribution in [3.05, 3.63) is 83.9 Å². The molecule has 0 radical (unpaired) electrons. The third-order valence-corrected chi connectivity index (χ3v) is 5.89. The lowest BCUT2D eigenvalue weighted by Gasteiger charge is -2.39. The number of hydrogen-bond donors (Lipinski definition) is 2. The number of nitrogen functional groups attached to an aromatic ring is 1. The first-order chi connectivity index (χ1) is 16.5. The standard InChI is InChI=1S/C25H26FN5O3.ClH.H2O/c1-34-25(33)31(20-10-14-30(15-11-20)19-8-12-28-13-9-19)29-23-21(6-3-7-22(23)27)24(32)17-4-2-5-18(26)16-17;;/h2-9,12-13,16,20,29H,10-11,14-15,27H2,1H3;1H;1H2. The Kier molecular flexibility index (Phi) is 10.0. The number of carbonyl (C=O) groups excluding carboxylic acids is 2. The van der Waals surface area contributed by atoms with Gasteiger partial charge in [-0.2, -0.15) is 0 Å². The molecule has 1 amide bonds. The molecule has 1 fully saturated rings. The molecular formula is C25H29ClFN5O4. The van der Waals surface area contributed by atoms with Gasteiger partial charge in [0, 0.05) is 42.3 Å². The molecule has 0 unspecified atom stereocenters. The van der Waals surface area contributed by atoms with Gasteiger partial charge in [-0.25, -0.2) is 14.2 Å². The maximum Gasteiger partial charge on any atom is 0.428 e. The van der Waals surface area contributed by atoms with Gasteiger partial charge >= 0.3 is 6.09 Å². The van der Waals surface area contributed by atoms with E-state index in [0.29, 0.717) is 12.8 Å². The van der Waals surface area contributed by atoms with Gasteiger partial charge in [0.15, 0.2) is 5.78 Å². The Hall–Kier alpha value is -3.89. The van der Waals surface area contributed by atoms with Gasteiger partial charge in [0.05, 0.1) is 24.5 Å². The predicted octanol–water partition coefficient (Wildman–Crippen LogP) is 3.70. The number of ketones is 1. The van der Waals surface area contributed by atoms with Gasteiger partial charge in [0.2, 0.25) is 0 Å². The summed E-state index contributed by atoms with van der Waals surface area (Å²) in [6.45, 7) is 1.45. The smallest absolute Gasteiger partial charge is 0.428 e. The minimum absolute atomic E-state index is 0. The van der Waals surface area contributed by atoms with E-state index in [2.05, 4.69) is 15.3 Å². The van der Waals surface area contributed by atoms with Gasteiger partial charge in [-0.3, -0.25) is 15.2 Å². The Bertz CT molecular complexity index is 1180. The fourth-order valence-corrected chi connectivity index (χ4v) is 4.11. The first-order valence-electron chi connectivity index (χ1n) is 11.0. The van der Waals surface area contributed by atoms with Crippen molar-refractivity contribution >= 4 is 41.3 Å². The van der Waals surface area contributed by atoms with Crippen LogP contribution in [0.4, 0.5) is 26.2 Å². The summed E-state index contributed by atoms with van der Waals surface area (Å²) in [6, 6.07) is 14.0. The van der Waals surface area contributed by atoms with Crippen LogP contribution in [0.25, 0.3) is 0 Å². The fourth-order valence-electron chi connectivity index (χ4n) is 4.11. The zero-order chi connectivity index (χ0) is 24.1. The summed E-state index contributed by atoms with van der Waals surface area (Å²) in [5.41, 5.74) is 11.3. The summed E-state index contributed by atoms with van der Waals surface area (Å²) < 4.78 is 18.7. The molecule has 0 saturated carbocycles. The molecule has 1 aliphatic heterocycles. The molecule has 0 bridgehead atoms. The van der Waals surface area contributed by atoms with Crippen molar-refractivity contribution in [2.75, 3.05) is 36.3 Å². The van der Waals surface area contributed by atoms with Crippen molar-refractivity contribution in [3.63, 3.8) is 0 Å². The molecule has 0 spiro atoms. The van der Waals surface area contributed by atoms with Crippen molar-refractivity contribution in [1.82, 2.24) is 9.99 Å². The van der Waals surface area contributed by atoms with Crippen molar-refractivity contribution in [2.24, 2.45) is 0 Å². The molecular weight excluding hydrogens is 489 g/mol. The minimum atomic E-state index is -0.588. The van der Waals surface area contributed by atoms with Gasteiger partial charge < -0.3 is 20.8 Å². The number of hydrazine groups is 1. The molecule has 36 heavy (non-hydrogen) atoms. The molecule has 9 nitrogen and oxygen atoms in total. The van der Waals surface area contributed by atoms with Crippen molar-refractivity contribution < 1.29 is 24.2 Å². The number of para-hydroxylation sites is 1. The van der Waals surface area contributed by atoms with Gasteiger partial charge in [-0.15, -0.1) is 12.4 Å². The first kappa shape index (κ1) is 28.3. The Labute approximate surface area is 214 Å². The number of anilines is 3. The Morgan fingerprint density at radius 2 is 1.78 bits per heavy atom. The lowest BCUT2D eigenvalue weighted by molar-refractivity contribution is 0.103. The number of aromatic nitrogens is 1. The average molecular weight is 518 g/mol. The highest BCUT2D eigenvalue weighted by Gasteiger charge is 2.30. The van der Waals surface area contributed by atoms with E-state index in [1.165, 1.54) is 36.4 Å². The molecule has 2 heterocycles. The largest absolute Gasteiger partial charge is 0.452 e. The maximum atomic E-state index is 13.7. The van der Waals surface area contributed by atoms with Crippen LogP contribution < -0.4 is 16.1 Å². The normalized spacial score (nSPS) is 13.1. The van der Waals surface area contributed by atoms with Crippen LogP contribution >= 0.6 is 12.4 Å². The van der Waals surface area contributed by atoms with Crippen LogP contribution in [0.1, 0.15) is 28.8 Å². The summed E-state index contributed by atoms with van der Waals surface area (Å²) in [6.07, 6.45) is 4.25. The number of amides is 1. The summed E-state index contributed by atoms with van der Waals surface area (Å²) in [4.78, 5) is 32.2. The second kappa shape index (κ2) is 12.7. The third kappa shape index (κ3) is 6.21. The SMILES string of the molecule is COC(=O)N(Nc1c(N)cccc1C(=O)c1cccc(F)c1)C1CCN(c2ccncc2)CC1.Cl.O. The number of piperidine rings is 1. The second-order valence-corrected chi connectivity index (χ2v) is 7.98. The number of rotatable bonds is 6. The molecule has 0 atom stereocenters. The highest BCUT2D eigenvalue weighted by molar-refractivity contribution is 6.13. The van der Waals surface area contributed by atoms with Crippen LogP contribution in [-0.4, -0.2) is 53.6 Å². The molecule has 0 aliphatic carbocycles. The summed E-state index contributed by atoms with van der Waals surface area (Å²) >= 11 is 0. The molecule has 192 valence electrons. The monoisotopic (exact) mass is 517 g/mol. The molecule has 3 aromatic rings. The van der Waals surface area contributed by atoms with Crippen LogP contribution in [-0.2, 0) is 4.74 Å². The fraction of sp³-hybridized carbons (Fsp3) is 0.240. The Balaban J connectivity index is 0.00000228. The molecule has 1 aromatic heterocycles. The minimum Gasteiger partial charge on any atom is -0.452 e. The maximum absolute atomic E-state index is 13.7. The van der Waals surface area contributed by atoms with Gasteiger partial charge in [-0.1, -0.05) is 18.2 Å². The zero-order valence-corrected chi connectivity index (χ0v) is 20.5. The molecule has 4 rings (SSSR count). The van der Waals surface area contributed by atoms with Crippen molar-refractivity contribution in [3.8, 4) is 0 Å². The summed E-state index contributed by atoms with van der Waals surface area (Å²) in [5, 5.41) is 1.39. The number of pyridine rings is 1. The first-order valence-corrected chi connectivity index (χ1v) is 11.0. The van der Waals surface area contributed by atoms with Crippen LogP contribution in [0.2, 0.25) is 0 Å². The summed E-state index contributed by atoms with van der Waals surface area (Å²) in [5.74, 6) is -0.923. The zero-order valence-electron chi connectivity index (χ0n) is 19.7. The van der Waals surface area contributed by atoms with E-state index in [1.807, 2.05) is 12.1 Å². The highest BCUT2D eigenvalue weighted by atomic mass is 35.5. The number of nitrogens with two attached hydrogens (primary N) is 1. The lowest BCUT2D eigenvalue weighted by atomic mass is 10.0.